The van der Waals surface area contributed by atoms with E-state index in [0.717, 1.165) is 11.5 Å². The van der Waals surface area contributed by atoms with Crippen LogP contribution in [0.25, 0.3) is 5.57 Å². The van der Waals surface area contributed by atoms with E-state index in [9.17, 15) is 0 Å². The van der Waals surface area contributed by atoms with Crippen molar-refractivity contribution in [3.05, 3.63) is 35.4 Å². The fraction of sp³-hybridized carbons (Fsp3) is 0.385. The highest BCUT2D eigenvalue weighted by Crippen LogP contribution is 2.42. The highest BCUT2D eigenvalue weighted by Gasteiger charge is 2.27. The molecule has 1 aromatic carbocycles. The molecule has 14 heavy (non-hydrogen) atoms. The molecule has 0 nitrogen and oxygen atoms in total. The summed E-state index contributed by atoms with van der Waals surface area (Å²) >= 11 is 0. The van der Waals surface area contributed by atoms with Crippen molar-refractivity contribution in [1.82, 2.24) is 0 Å². The predicted molar refractivity (Wildman–Crippen MR) is 67.2 cm³/mol. The van der Waals surface area contributed by atoms with Crippen LogP contribution < -0.4 is 5.30 Å². The van der Waals surface area contributed by atoms with Gasteiger partial charge in [0.15, 0.2) is 0 Å². The summed E-state index contributed by atoms with van der Waals surface area (Å²) in [5.41, 5.74) is 5.46. The van der Waals surface area contributed by atoms with Gasteiger partial charge in [-0.1, -0.05) is 24.3 Å². The van der Waals surface area contributed by atoms with Crippen LogP contribution in [0.1, 0.15) is 42.4 Å². The van der Waals surface area contributed by atoms with Crippen molar-refractivity contribution >= 4 is 20.1 Å². The van der Waals surface area contributed by atoms with Crippen LogP contribution in [0.2, 0.25) is 0 Å². The topological polar surface area (TPSA) is 0 Å². The highest BCUT2D eigenvalue weighted by molar-refractivity contribution is 7.27. The van der Waals surface area contributed by atoms with E-state index in [1.165, 1.54) is 29.3 Å². The third-order valence-electron chi connectivity index (χ3n) is 2.95. The van der Waals surface area contributed by atoms with Crippen LogP contribution in [-0.4, -0.2) is 0 Å². The van der Waals surface area contributed by atoms with Crippen molar-refractivity contribution in [2.75, 3.05) is 0 Å². The third kappa shape index (κ3) is 1.64. The first kappa shape index (κ1) is 9.93. The van der Waals surface area contributed by atoms with Crippen LogP contribution in [0.4, 0.5) is 0 Å². The van der Waals surface area contributed by atoms with Crippen LogP contribution in [0, 0.1) is 6.92 Å². The molecule has 1 fully saturated rings. The second-order valence-electron chi connectivity index (χ2n) is 4.31. The minimum Gasteiger partial charge on any atom is -0.105 e. The van der Waals surface area contributed by atoms with E-state index in [4.69, 9.17) is 0 Å². The minimum absolute atomic E-state index is 0.821. The van der Waals surface area contributed by atoms with Crippen LogP contribution in [0.15, 0.2) is 18.7 Å². The van der Waals surface area contributed by atoms with Gasteiger partial charge in [-0.05, 0) is 54.6 Å². The third-order valence-corrected chi connectivity index (χ3v) is 3.57. The Bertz CT molecular complexity index is 386. The molecule has 0 bridgehead atoms. The molecular formula is C13H17P. The second-order valence-corrected chi connectivity index (χ2v) is 4.89. The monoisotopic (exact) mass is 204 g/mol. The van der Waals surface area contributed by atoms with Gasteiger partial charge in [0.1, 0.15) is 0 Å². The van der Waals surface area contributed by atoms with Crippen LogP contribution in [0.5, 0.6) is 0 Å². The van der Waals surface area contributed by atoms with Crippen molar-refractivity contribution in [2.24, 2.45) is 0 Å². The van der Waals surface area contributed by atoms with Crippen LogP contribution in [0.3, 0.4) is 0 Å². The van der Waals surface area contributed by atoms with Gasteiger partial charge in [-0.15, -0.1) is 9.24 Å². The Morgan fingerprint density at radius 1 is 1.43 bits per heavy atom. The standard InChI is InChI=1S/C13H17P/c1-8(2)11-7-4-9(3)12(13(11)14)10-5-6-10/h4,7,10H,1,5-6,14H2,2-3H3. The van der Waals surface area contributed by atoms with Crippen molar-refractivity contribution in [1.29, 1.82) is 0 Å². The molecule has 0 spiro atoms. The molecule has 0 amide bonds. The Labute approximate surface area is 88.6 Å². The van der Waals surface area contributed by atoms with Crippen molar-refractivity contribution in [2.45, 2.75) is 32.6 Å². The van der Waals surface area contributed by atoms with Gasteiger partial charge in [0.25, 0.3) is 0 Å². The number of aryl methyl sites for hydroxylation is 1. The fourth-order valence-electron chi connectivity index (χ4n) is 2.03. The molecule has 0 radical (unpaired) electrons. The first-order chi connectivity index (χ1) is 6.61. The Morgan fingerprint density at radius 3 is 2.57 bits per heavy atom. The number of hydrogen-bond acceptors (Lipinski definition) is 0. The van der Waals surface area contributed by atoms with Gasteiger partial charge < -0.3 is 0 Å². The Hall–Kier alpha value is -0.610. The quantitative estimate of drug-likeness (QED) is 0.648. The largest absolute Gasteiger partial charge is 0.105 e. The van der Waals surface area contributed by atoms with Gasteiger partial charge in [-0.25, -0.2) is 0 Å². The van der Waals surface area contributed by atoms with Crippen LogP contribution in [-0.2, 0) is 0 Å². The lowest BCUT2D eigenvalue weighted by Crippen LogP contribution is -2.08. The predicted octanol–water partition coefficient (Wildman–Crippen LogP) is 3.41. The lowest BCUT2D eigenvalue weighted by molar-refractivity contribution is 1.11. The molecule has 1 aromatic rings. The van der Waals surface area contributed by atoms with E-state index in [1.807, 2.05) is 0 Å². The maximum Gasteiger partial charge on any atom is -0.0153 e. The zero-order valence-corrected chi connectivity index (χ0v) is 10.1. The number of rotatable bonds is 2. The minimum atomic E-state index is 0.821. The zero-order valence-electron chi connectivity index (χ0n) is 8.93. The summed E-state index contributed by atoms with van der Waals surface area (Å²) in [5, 5.41) is 1.38. The van der Waals surface area contributed by atoms with Gasteiger partial charge >= 0.3 is 0 Å². The Kier molecular flexibility index (Phi) is 2.49. The summed E-state index contributed by atoms with van der Waals surface area (Å²) in [4.78, 5) is 0. The molecule has 74 valence electrons. The SMILES string of the molecule is C=C(C)c1ccc(C)c(C2CC2)c1P. The second kappa shape index (κ2) is 3.51. The van der Waals surface area contributed by atoms with Gasteiger partial charge in [-0.3, -0.25) is 0 Å². The first-order valence-corrected chi connectivity index (χ1v) is 5.74. The van der Waals surface area contributed by atoms with Crippen molar-refractivity contribution in [3.63, 3.8) is 0 Å². The maximum absolute atomic E-state index is 4.02. The number of benzene rings is 1. The molecular weight excluding hydrogens is 187 g/mol. The molecule has 1 aliphatic carbocycles. The molecule has 1 unspecified atom stereocenters. The highest BCUT2D eigenvalue weighted by atomic mass is 31.0. The zero-order chi connectivity index (χ0) is 10.3. The van der Waals surface area contributed by atoms with Gasteiger partial charge in [-0.2, -0.15) is 0 Å². The summed E-state index contributed by atoms with van der Waals surface area (Å²) in [6.07, 6.45) is 2.73. The molecule has 0 N–H and O–H groups in total. The van der Waals surface area contributed by atoms with E-state index in [2.05, 4.69) is 41.8 Å². The van der Waals surface area contributed by atoms with E-state index < -0.39 is 0 Å². The maximum atomic E-state index is 4.02. The molecule has 0 aliphatic heterocycles. The normalized spacial score (nSPS) is 15.6. The lowest BCUT2D eigenvalue weighted by Gasteiger charge is -2.13. The summed E-state index contributed by atoms with van der Waals surface area (Å²) in [7, 11) is 2.89. The average molecular weight is 204 g/mol. The first-order valence-electron chi connectivity index (χ1n) is 5.16. The summed E-state index contributed by atoms with van der Waals surface area (Å²) < 4.78 is 0. The molecule has 1 atom stereocenters. The van der Waals surface area contributed by atoms with Crippen molar-refractivity contribution < 1.29 is 0 Å². The summed E-state index contributed by atoms with van der Waals surface area (Å²) in [5.74, 6) is 0.821. The van der Waals surface area contributed by atoms with E-state index in [1.54, 1.807) is 5.56 Å². The molecule has 1 heteroatoms. The molecule has 2 rings (SSSR count). The molecule has 0 aromatic heterocycles. The van der Waals surface area contributed by atoms with Crippen molar-refractivity contribution in [3.8, 4) is 0 Å². The molecule has 1 saturated carbocycles. The fourth-order valence-corrected chi connectivity index (χ4v) is 2.84. The van der Waals surface area contributed by atoms with E-state index >= 15 is 0 Å². The van der Waals surface area contributed by atoms with E-state index in [-0.39, 0.29) is 0 Å². The molecule has 0 heterocycles. The summed E-state index contributed by atoms with van der Waals surface area (Å²) in [6, 6.07) is 4.41. The molecule has 1 aliphatic rings. The molecule has 0 saturated heterocycles. The smallest absolute Gasteiger partial charge is 0.0153 e. The number of allylic oxidation sites excluding steroid dienone is 1. The summed E-state index contributed by atoms with van der Waals surface area (Å²) in [6.45, 7) is 8.31. The van der Waals surface area contributed by atoms with Gasteiger partial charge in [0.2, 0.25) is 0 Å². The van der Waals surface area contributed by atoms with Gasteiger partial charge in [0.05, 0.1) is 0 Å². The van der Waals surface area contributed by atoms with E-state index in [0.29, 0.717) is 0 Å². The average Bonchev–Trinajstić information content (AvgIpc) is 2.87. The number of hydrogen-bond donors (Lipinski definition) is 0. The lowest BCUT2D eigenvalue weighted by atomic mass is 9.98. The Balaban J connectivity index is 2.56. The Morgan fingerprint density at radius 2 is 2.07 bits per heavy atom. The van der Waals surface area contributed by atoms with Crippen LogP contribution >= 0.6 is 9.24 Å². The van der Waals surface area contributed by atoms with Gasteiger partial charge in [0, 0.05) is 0 Å².